The Morgan fingerprint density at radius 3 is 2.47 bits per heavy atom. The predicted molar refractivity (Wildman–Crippen MR) is 69.0 cm³/mol. The molecule has 0 aromatic heterocycles. The smallest absolute Gasteiger partial charge is 0.341 e. The van der Waals surface area contributed by atoms with E-state index in [0.717, 1.165) is 12.0 Å². The van der Waals surface area contributed by atoms with E-state index in [0.29, 0.717) is 12.7 Å². The molecule has 0 unspecified atom stereocenters. The van der Waals surface area contributed by atoms with Crippen LogP contribution in [0.2, 0.25) is 6.04 Å². The van der Waals surface area contributed by atoms with Crippen molar-refractivity contribution >= 4 is 39.2 Å². The monoisotopic (exact) mass is 282 g/mol. The molecule has 0 spiro atoms. The van der Waals surface area contributed by atoms with Crippen molar-refractivity contribution < 1.29 is 4.74 Å². The van der Waals surface area contributed by atoms with E-state index in [-0.39, 0.29) is 0 Å². The maximum absolute atomic E-state index is 5.83. The van der Waals surface area contributed by atoms with E-state index in [4.69, 9.17) is 38.0 Å². The lowest BCUT2D eigenvalue weighted by Gasteiger charge is -2.08. The van der Waals surface area contributed by atoms with E-state index in [9.17, 15) is 0 Å². The van der Waals surface area contributed by atoms with Crippen molar-refractivity contribution in [2.45, 2.75) is 19.1 Å². The molecule has 1 aromatic rings. The highest BCUT2D eigenvalue weighted by atomic mass is 35.8. The van der Waals surface area contributed by atoms with E-state index in [1.54, 1.807) is 7.11 Å². The summed E-state index contributed by atoms with van der Waals surface area (Å²) in [6.07, 6.45) is 0.820. The fourth-order valence-electron chi connectivity index (χ4n) is 1.33. The van der Waals surface area contributed by atoms with E-state index >= 15 is 0 Å². The van der Waals surface area contributed by atoms with E-state index in [1.807, 2.05) is 18.2 Å². The molecule has 5 heteroatoms. The van der Waals surface area contributed by atoms with Gasteiger partial charge in [-0.05, 0) is 23.6 Å². The SMILES string of the molecule is COCc1cccc(CC[Si](Cl)(Cl)Cl)c1. The van der Waals surface area contributed by atoms with Crippen LogP contribution >= 0.6 is 33.2 Å². The molecule has 1 nitrogen and oxygen atoms in total. The average molecular weight is 284 g/mol. The van der Waals surface area contributed by atoms with E-state index in [1.165, 1.54) is 5.56 Å². The van der Waals surface area contributed by atoms with Crippen LogP contribution in [0.3, 0.4) is 0 Å². The molecule has 0 aliphatic carbocycles. The number of halogens is 3. The van der Waals surface area contributed by atoms with Gasteiger partial charge in [0.1, 0.15) is 0 Å². The minimum atomic E-state index is -2.49. The molecule has 84 valence electrons. The number of methoxy groups -OCH3 is 1. The van der Waals surface area contributed by atoms with Crippen molar-refractivity contribution in [3.8, 4) is 0 Å². The summed E-state index contributed by atoms with van der Waals surface area (Å²) in [5.74, 6) is 0. The maximum Gasteiger partial charge on any atom is 0.341 e. The second-order valence-electron chi connectivity index (χ2n) is 3.37. The van der Waals surface area contributed by atoms with Crippen LogP contribution in [0.1, 0.15) is 11.1 Å². The summed E-state index contributed by atoms with van der Waals surface area (Å²) in [4.78, 5) is 0. The molecule has 0 bridgehead atoms. The van der Waals surface area contributed by atoms with Crippen LogP contribution in [-0.2, 0) is 17.8 Å². The van der Waals surface area contributed by atoms with Crippen molar-refractivity contribution in [2.75, 3.05) is 7.11 Å². The summed E-state index contributed by atoms with van der Waals surface area (Å²) in [6.45, 7) is 0.624. The minimum Gasteiger partial charge on any atom is -0.380 e. The highest BCUT2D eigenvalue weighted by molar-refractivity contribution is 7.64. The number of aryl methyl sites for hydroxylation is 1. The Labute approximate surface area is 105 Å². The lowest BCUT2D eigenvalue weighted by molar-refractivity contribution is 0.185. The number of hydrogen-bond donors (Lipinski definition) is 0. The number of hydrogen-bond acceptors (Lipinski definition) is 1. The second-order valence-corrected chi connectivity index (χ2v) is 12.6. The molecule has 0 amide bonds. The first kappa shape index (κ1) is 13.3. The zero-order valence-electron chi connectivity index (χ0n) is 8.47. The number of ether oxygens (including phenoxy) is 1. The molecule has 15 heavy (non-hydrogen) atoms. The van der Waals surface area contributed by atoms with Crippen LogP contribution < -0.4 is 0 Å². The van der Waals surface area contributed by atoms with Crippen molar-refractivity contribution in [3.63, 3.8) is 0 Å². The molecule has 0 saturated carbocycles. The van der Waals surface area contributed by atoms with Gasteiger partial charge in [0, 0.05) is 7.11 Å². The molecule has 0 saturated heterocycles. The first-order valence-corrected chi connectivity index (χ1v) is 9.89. The Kier molecular flexibility index (Phi) is 5.43. The molecule has 0 N–H and O–H groups in total. The van der Waals surface area contributed by atoms with Crippen LogP contribution in [-0.4, -0.2) is 13.1 Å². The van der Waals surface area contributed by atoms with Gasteiger partial charge in [-0.2, -0.15) is 0 Å². The third kappa shape index (κ3) is 5.78. The van der Waals surface area contributed by atoms with Gasteiger partial charge in [0.05, 0.1) is 6.61 Å². The third-order valence-corrected chi connectivity index (χ3v) is 4.52. The molecular formula is C10H13Cl3OSi. The largest absolute Gasteiger partial charge is 0.380 e. The Bertz CT molecular complexity index is 312. The van der Waals surface area contributed by atoms with Crippen molar-refractivity contribution in [3.05, 3.63) is 35.4 Å². The van der Waals surface area contributed by atoms with Crippen LogP contribution in [0.25, 0.3) is 0 Å². The zero-order valence-corrected chi connectivity index (χ0v) is 11.7. The molecular weight excluding hydrogens is 271 g/mol. The maximum atomic E-state index is 5.83. The summed E-state index contributed by atoms with van der Waals surface area (Å²) < 4.78 is 5.06. The Morgan fingerprint density at radius 1 is 1.20 bits per heavy atom. The van der Waals surface area contributed by atoms with Gasteiger partial charge >= 0.3 is 6.00 Å². The van der Waals surface area contributed by atoms with Gasteiger partial charge in [-0.15, -0.1) is 33.2 Å². The fourth-order valence-corrected chi connectivity index (χ4v) is 2.75. The third-order valence-electron chi connectivity index (χ3n) is 2.00. The second kappa shape index (κ2) is 6.11. The Hall–Kier alpha value is 0.267. The lowest BCUT2D eigenvalue weighted by atomic mass is 10.1. The lowest BCUT2D eigenvalue weighted by Crippen LogP contribution is -2.09. The number of rotatable bonds is 5. The van der Waals surface area contributed by atoms with E-state index < -0.39 is 6.00 Å². The highest BCUT2D eigenvalue weighted by Gasteiger charge is 2.24. The summed E-state index contributed by atoms with van der Waals surface area (Å²) in [5, 5.41) is 0. The standard InChI is InChI=1S/C10H13Cl3OSi/c1-14-8-10-4-2-3-9(7-10)5-6-15(11,12)13/h2-4,7H,5-6,8H2,1H3. The van der Waals surface area contributed by atoms with Crippen LogP contribution in [0.4, 0.5) is 0 Å². The summed E-state index contributed by atoms with van der Waals surface area (Å²) >= 11 is 17.5. The predicted octanol–water partition coefficient (Wildman–Crippen LogP) is 4.03. The van der Waals surface area contributed by atoms with Gasteiger partial charge in [0.15, 0.2) is 0 Å². The Balaban J connectivity index is 2.57. The molecule has 0 radical (unpaired) electrons. The highest BCUT2D eigenvalue weighted by Crippen LogP contribution is 2.26. The molecule has 1 aromatic carbocycles. The molecule has 0 aliphatic rings. The van der Waals surface area contributed by atoms with Gasteiger partial charge < -0.3 is 4.74 Å². The first-order chi connectivity index (χ1) is 7.01. The van der Waals surface area contributed by atoms with Crippen LogP contribution in [0.15, 0.2) is 24.3 Å². The minimum absolute atomic E-state index is 0.624. The molecule has 0 aliphatic heterocycles. The zero-order chi connectivity index (χ0) is 11.3. The molecule has 0 fully saturated rings. The van der Waals surface area contributed by atoms with Gasteiger partial charge in [0.25, 0.3) is 0 Å². The van der Waals surface area contributed by atoms with Crippen LogP contribution in [0, 0.1) is 0 Å². The molecule has 0 heterocycles. The topological polar surface area (TPSA) is 9.23 Å². The average Bonchev–Trinajstić information content (AvgIpc) is 2.15. The molecule has 1 rings (SSSR count). The fraction of sp³-hybridized carbons (Fsp3) is 0.400. The summed E-state index contributed by atoms with van der Waals surface area (Å²) in [6, 6.07) is 6.34. The normalized spacial score (nSPS) is 11.7. The van der Waals surface area contributed by atoms with Gasteiger partial charge in [-0.25, -0.2) is 0 Å². The number of benzene rings is 1. The Morgan fingerprint density at radius 2 is 1.87 bits per heavy atom. The van der Waals surface area contributed by atoms with Gasteiger partial charge in [-0.3, -0.25) is 0 Å². The molecule has 0 atom stereocenters. The van der Waals surface area contributed by atoms with Crippen LogP contribution in [0.5, 0.6) is 0 Å². The van der Waals surface area contributed by atoms with Crippen molar-refractivity contribution in [1.29, 1.82) is 0 Å². The van der Waals surface area contributed by atoms with Crippen molar-refractivity contribution in [1.82, 2.24) is 0 Å². The summed E-state index contributed by atoms with van der Waals surface area (Å²) in [7, 11) is 1.68. The van der Waals surface area contributed by atoms with Crippen molar-refractivity contribution in [2.24, 2.45) is 0 Å². The quantitative estimate of drug-likeness (QED) is 0.585. The summed E-state index contributed by atoms with van der Waals surface area (Å²) in [5.41, 5.74) is 2.35. The van der Waals surface area contributed by atoms with Gasteiger partial charge in [0.2, 0.25) is 0 Å². The first-order valence-electron chi connectivity index (χ1n) is 4.65. The van der Waals surface area contributed by atoms with Gasteiger partial charge in [-0.1, -0.05) is 24.3 Å². The van der Waals surface area contributed by atoms with E-state index in [2.05, 4.69) is 6.07 Å².